The van der Waals surface area contributed by atoms with E-state index in [1.807, 2.05) is 4.72 Å². The summed E-state index contributed by atoms with van der Waals surface area (Å²) < 4.78 is 51.7. The minimum absolute atomic E-state index is 0.159. The van der Waals surface area contributed by atoms with E-state index in [2.05, 4.69) is 19.6 Å². The molecule has 1 N–H and O–H groups in total. The highest BCUT2D eigenvalue weighted by Gasteiger charge is 2.41. The second-order valence-corrected chi connectivity index (χ2v) is 21.4. The first kappa shape index (κ1) is 39.4. The molecule has 260 valence electrons. The van der Waals surface area contributed by atoms with Gasteiger partial charge in [0.25, 0.3) is 0 Å². The van der Waals surface area contributed by atoms with Gasteiger partial charge in [0.15, 0.2) is 0 Å². The Balaban J connectivity index is 2.49. The van der Waals surface area contributed by atoms with Crippen molar-refractivity contribution >= 4 is 42.3 Å². The number of amides is 1. The molecule has 47 heavy (non-hydrogen) atoms. The lowest BCUT2D eigenvalue weighted by molar-refractivity contribution is -0.167. The summed E-state index contributed by atoms with van der Waals surface area (Å²) in [5, 5.41) is 0. The van der Waals surface area contributed by atoms with Crippen LogP contribution in [0.1, 0.15) is 69.4 Å². The van der Waals surface area contributed by atoms with E-state index in [0.29, 0.717) is 9.87 Å². The van der Waals surface area contributed by atoms with Crippen molar-refractivity contribution in [2.24, 2.45) is 0 Å². The number of carbonyl (C=O) groups excluding carboxylic acids is 4. The van der Waals surface area contributed by atoms with Crippen LogP contribution in [0.25, 0.3) is 0 Å². The van der Waals surface area contributed by atoms with Gasteiger partial charge in [0.2, 0.25) is 0 Å². The summed E-state index contributed by atoms with van der Waals surface area (Å²) in [5.41, 5.74) is -0.956. The summed E-state index contributed by atoms with van der Waals surface area (Å²) in [6, 6.07) is 13.6. The molecule has 0 radical (unpaired) electrons. The highest BCUT2D eigenvalue weighted by molar-refractivity contribution is 7.87. The molecule has 0 fully saturated rings. The predicted molar refractivity (Wildman–Crippen MR) is 179 cm³/mol. The van der Waals surface area contributed by atoms with E-state index in [1.54, 1.807) is 71.9 Å². The second-order valence-electron chi connectivity index (χ2n) is 14.2. The Hall–Kier alpha value is -3.75. The average molecular weight is 693 g/mol. The Kier molecular flexibility index (Phi) is 13.7. The smallest absolute Gasteiger partial charge is 0.422 e. The van der Waals surface area contributed by atoms with Crippen molar-refractivity contribution in [3.8, 4) is 0 Å². The zero-order valence-electron chi connectivity index (χ0n) is 28.7. The fourth-order valence-electron chi connectivity index (χ4n) is 4.00. The van der Waals surface area contributed by atoms with Crippen LogP contribution in [-0.4, -0.2) is 68.6 Å². The number of nitrogens with zero attached hydrogens (tertiary/aromatic N) is 1. The van der Waals surface area contributed by atoms with Crippen molar-refractivity contribution in [3.05, 3.63) is 71.3 Å². The van der Waals surface area contributed by atoms with Gasteiger partial charge in [-0.15, -0.1) is 0 Å². The van der Waals surface area contributed by atoms with Gasteiger partial charge in [-0.1, -0.05) is 62.1 Å². The lowest BCUT2D eigenvalue weighted by Gasteiger charge is -2.32. The van der Waals surface area contributed by atoms with Gasteiger partial charge in [0.05, 0.1) is 18.6 Å². The van der Waals surface area contributed by atoms with E-state index in [4.69, 9.17) is 18.9 Å². The quantitative estimate of drug-likeness (QED) is 0.150. The maximum absolute atomic E-state index is 13.9. The molecule has 0 spiro atoms. The van der Waals surface area contributed by atoms with Gasteiger partial charge in [-0.25, -0.2) is 14.3 Å². The minimum Gasteiger partial charge on any atom is -0.462 e. The molecule has 1 atom stereocenters. The van der Waals surface area contributed by atoms with Crippen molar-refractivity contribution in [1.82, 2.24) is 9.03 Å². The van der Waals surface area contributed by atoms with E-state index in [-0.39, 0.29) is 24.3 Å². The van der Waals surface area contributed by atoms with Crippen molar-refractivity contribution in [3.63, 3.8) is 0 Å². The molecule has 0 heterocycles. The number of hydrogen-bond acceptors (Lipinski definition) is 10. The molecule has 0 saturated carbocycles. The molecule has 12 nitrogen and oxygen atoms in total. The first-order valence-corrected chi connectivity index (χ1v) is 20.4. The van der Waals surface area contributed by atoms with E-state index < -0.39 is 72.5 Å². The summed E-state index contributed by atoms with van der Waals surface area (Å²) in [7, 11) is -6.35. The van der Waals surface area contributed by atoms with Gasteiger partial charge in [-0.05, 0) is 70.8 Å². The Morgan fingerprint density at radius 1 is 0.830 bits per heavy atom. The fraction of sp³-hybridized carbons (Fsp3) is 0.515. The van der Waals surface area contributed by atoms with Crippen molar-refractivity contribution < 1.29 is 46.5 Å². The molecule has 2 rings (SSSR count). The Morgan fingerprint density at radius 3 is 2.00 bits per heavy atom. The maximum Gasteiger partial charge on any atom is 0.422 e. The van der Waals surface area contributed by atoms with Gasteiger partial charge >= 0.3 is 34.2 Å². The van der Waals surface area contributed by atoms with Crippen LogP contribution < -0.4 is 4.72 Å². The number of benzene rings is 2. The Morgan fingerprint density at radius 2 is 1.43 bits per heavy atom. The molecule has 2 aromatic rings. The SMILES string of the molecule is CC(C)(C)OC(=O)C[C@@H](C(=O)OC(C)(C)C)N(Cc1cccc(C(=O)OCC[Si](C)(C)C)c1)S(=O)(=O)NC(=O)OCc1ccccc1. The van der Waals surface area contributed by atoms with Crippen LogP contribution in [0, 0.1) is 0 Å². The summed E-state index contributed by atoms with van der Waals surface area (Å²) in [6.45, 7) is 15.6. The lowest BCUT2D eigenvalue weighted by Crippen LogP contribution is -2.53. The summed E-state index contributed by atoms with van der Waals surface area (Å²) in [5.74, 6) is -2.52. The molecule has 0 bridgehead atoms. The first-order chi connectivity index (χ1) is 21.5. The van der Waals surface area contributed by atoms with Crippen LogP contribution in [-0.2, 0) is 51.9 Å². The zero-order valence-corrected chi connectivity index (χ0v) is 30.6. The first-order valence-electron chi connectivity index (χ1n) is 15.3. The van der Waals surface area contributed by atoms with Crippen LogP contribution >= 0.6 is 0 Å². The third-order valence-electron chi connectivity index (χ3n) is 6.13. The van der Waals surface area contributed by atoms with Gasteiger partial charge in [-0.3, -0.25) is 9.59 Å². The molecule has 0 aliphatic rings. The molecule has 2 aromatic carbocycles. The van der Waals surface area contributed by atoms with Crippen molar-refractivity contribution in [2.45, 2.75) is 104 Å². The maximum atomic E-state index is 13.9. The number of nitrogens with one attached hydrogen (secondary N) is 1. The third-order valence-corrected chi connectivity index (χ3v) is 9.26. The fourth-order valence-corrected chi connectivity index (χ4v) is 5.92. The number of rotatable bonds is 14. The van der Waals surface area contributed by atoms with Crippen molar-refractivity contribution in [1.29, 1.82) is 0 Å². The predicted octanol–water partition coefficient (Wildman–Crippen LogP) is 5.60. The van der Waals surface area contributed by atoms with E-state index >= 15 is 0 Å². The topological polar surface area (TPSA) is 155 Å². The van der Waals surface area contributed by atoms with Crippen LogP contribution in [0.3, 0.4) is 0 Å². The second kappa shape index (κ2) is 16.4. The van der Waals surface area contributed by atoms with Crippen LogP contribution in [0.15, 0.2) is 54.6 Å². The summed E-state index contributed by atoms with van der Waals surface area (Å²) in [4.78, 5) is 52.1. The van der Waals surface area contributed by atoms with E-state index in [1.165, 1.54) is 24.3 Å². The highest BCUT2D eigenvalue weighted by Crippen LogP contribution is 2.22. The Bertz CT molecular complexity index is 1490. The minimum atomic E-state index is -4.89. The molecular weight excluding hydrogens is 645 g/mol. The lowest BCUT2D eigenvalue weighted by atomic mass is 10.1. The summed E-state index contributed by atoms with van der Waals surface area (Å²) in [6.07, 6.45) is -2.04. The molecule has 0 saturated heterocycles. The Labute approximate surface area is 279 Å². The van der Waals surface area contributed by atoms with Crippen LogP contribution in [0.4, 0.5) is 4.79 Å². The number of esters is 3. The van der Waals surface area contributed by atoms with E-state index in [0.717, 1.165) is 6.04 Å². The van der Waals surface area contributed by atoms with Crippen LogP contribution in [0.5, 0.6) is 0 Å². The summed E-state index contributed by atoms with van der Waals surface area (Å²) >= 11 is 0. The van der Waals surface area contributed by atoms with Gasteiger partial charge in [0, 0.05) is 14.6 Å². The largest absolute Gasteiger partial charge is 0.462 e. The molecule has 0 aromatic heterocycles. The number of ether oxygens (including phenoxy) is 4. The normalized spacial score (nSPS) is 13.0. The number of carbonyl (C=O) groups is 4. The molecule has 0 aliphatic heterocycles. The molecular formula is C33H48N2O10SSi. The average Bonchev–Trinajstić information content (AvgIpc) is 2.91. The van der Waals surface area contributed by atoms with Gasteiger partial charge in [-0.2, -0.15) is 12.7 Å². The van der Waals surface area contributed by atoms with Gasteiger partial charge in [0.1, 0.15) is 23.9 Å². The monoisotopic (exact) mass is 692 g/mol. The van der Waals surface area contributed by atoms with Crippen molar-refractivity contribution in [2.75, 3.05) is 6.61 Å². The molecule has 0 aliphatic carbocycles. The zero-order chi connectivity index (χ0) is 35.6. The number of hydrogen-bond donors (Lipinski definition) is 1. The highest BCUT2D eigenvalue weighted by atomic mass is 32.2. The molecule has 0 unspecified atom stereocenters. The van der Waals surface area contributed by atoms with Crippen LogP contribution in [0.2, 0.25) is 25.7 Å². The molecule has 14 heteroatoms. The third kappa shape index (κ3) is 15.1. The standard InChI is InChI=1S/C33H48N2O10SSi/c1-32(2,3)44-28(36)21-27(30(38)45-33(4,5)6)35(46(40,41)34-31(39)43-23-24-14-11-10-12-15-24)22-25-16-13-17-26(20-25)29(37)42-18-19-47(7,8)9/h10-17,20,27H,18-19,21-23H2,1-9H3,(H,34,39)/t27-/m0/s1. The molecule has 1 amide bonds. The van der Waals surface area contributed by atoms with E-state index in [9.17, 15) is 27.6 Å². The van der Waals surface area contributed by atoms with Gasteiger partial charge < -0.3 is 18.9 Å².